The largest absolute Gasteiger partial charge is 2.00 e. The van der Waals surface area contributed by atoms with E-state index in [0.717, 1.165) is 13.8 Å². The zero-order chi connectivity index (χ0) is 12.6. The van der Waals surface area contributed by atoms with E-state index in [1.807, 2.05) is 0 Å². The second-order valence-electron chi connectivity index (χ2n) is 1.18. The van der Waals surface area contributed by atoms with Crippen LogP contribution in [0.5, 0.6) is 0 Å². The maximum Gasteiger partial charge on any atom is 2.00 e. The molecule has 0 aliphatic carbocycles. The summed E-state index contributed by atoms with van der Waals surface area (Å²) >= 11 is 0. The van der Waals surface area contributed by atoms with Gasteiger partial charge in [0.2, 0.25) is 0 Å². The molecule has 0 fully saturated rings. The number of hydrogen-bond donors (Lipinski definition) is 0. The normalized spacial score (nSPS) is 4.62. The minimum Gasteiger partial charge on any atom is -0.554 e. The van der Waals surface area contributed by atoms with Crippen molar-refractivity contribution in [2.24, 2.45) is 0 Å². The van der Waals surface area contributed by atoms with Gasteiger partial charge < -0.3 is 39.6 Å². The Morgan fingerprint density at radius 1 is 0.812 bits per heavy atom. The molecule has 0 unspecified atom stereocenters. The van der Waals surface area contributed by atoms with Crippen molar-refractivity contribution in [3.8, 4) is 0 Å². The van der Waals surface area contributed by atoms with Gasteiger partial charge >= 0.3 is 75.5 Å². The molecular formula is C6H8Ca2O8. The Bertz CT molecular complexity index is 135. The quantitative estimate of drug-likeness (QED) is 0.314. The minimum atomic E-state index is -1.08. The van der Waals surface area contributed by atoms with Gasteiger partial charge in [-0.15, -0.1) is 0 Å². The summed E-state index contributed by atoms with van der Waals surface area (Å²) in [4.78, 5) is 34.3. The van der Waals surface area contributed by atoms with Crippen molar-refractivity contribution in [3.63, 3.8) is 0 Å². The molecule has 0 aromatic carbocycles. The van der Waals surface area contributed by atoms with Crippen LogP contribution >= 0.6 is 0 Å². The van der Waals surface area contributed by atoms with Crippen molar-refractivity contribution in [1.29, 1.82) is 0 Å². The number of carbonyl (C=O) groups excluding carboxylic acids is 4. The Morgan fingerprint density at radius 2 is 0.812 bits per heavy atom. The molecule has 0 heterocycles. The van der Waals surface area contributed by atoms with Crippen LogP contribution < -0.4 is 20.4 Å². The van der Waals surface area contributed by atoms with Crippen molar-refractivity contribution in [3.05, 3.63) is 0 Å². The summed E-state index contributed by atoms with van der Waals surface area (Å²) in [6.45, 7) is 0.944. The summed E-state index contributed by atoms with van der Waals surface area (Å²) in [7, 11) is 0. The van der Waals surface area contributed by atoms with Gasteiger partial charge in [0.05, 0.1) is 0 Å². The number of rotatable bonds is 0. The molecule has 16 heavy (non-hydrogen) atoms. The van der Waals surface area contributed by atoms with Gasteiger partial charge in [0.1, 0.15) is 0 Å². The standard InChI is InChI=1S/2C2H4O2.2CH2O2.2Ca/c2*1-2(3)4;2*2-1-3;;/h2*1H3,(H,3,4);2*1H,(H,2,3);;/q;;;;2*+2/p-4. The fourth-order valence-electron chi connectivity index (χ4n) is 0. The molecule has 0 amide bonds. The van der Waals surface area contributed by atoms with E-state index in [2.05, 4.69) is 0 Å². The second kappa shape index (κ2) is 45.3. The van der Waals surface area contributed by atoms with Crippen molar-refractivity contribution < 1.29 is 39.6 Å². The summed E-state index contributed by atoms with van der Waals surface area (Å²) in [5.74, 6) is -2.17. The van der Waals surface area contributed by atoms with Crippen LogP contribution in [0, 0.1) is 0 Å². The van der Waals surface area contributed by atoms with Crippen LogP contribution in [0.25, 0.3) is 0 Å². The molecular weight excluding hydrogens is 280 g/mol. The Kier molecular flexibility index (Phi) is 102. The van der Waals surface area contributed by atoms with Crippen molar-refractivity contribution in [2.45, 2.75) is 13.8 Å². The fraction of sp³-hybridized carbons (Fsp3) is 0.333. The molecule has 10 heteroatoms. The Morgan fingerprint density at radius 3 is 0.812 bits per heavy atom. The van der Waals surface area contributed by atoms with Crippen molar-refractivity contribution in [1.82, 2.24) is 0 Å². The molecule has 8 nitrogen and oxygen atoms in total. The molecule has 0 saturated heterocycles. The third-order valence-corrected chi connectivity index (χ3v) is 0. The number of carbonyl (C=O) groups is 4. The molecule has 0 N–H and O–H groups in total. The Labute approximate surface area is 152 Å². The van der Waals surface area contributed by atoms with Crippen LogP contribution in [0.3, 0.4) is 0 Å². The van der Waals surface area contributed by atoms with Crippen molar-refractivity contribution >= 4 is 100 Å². The van der Waals surface area contributed by atoms with E-state index >= 15 is 0 Å². The summed E-state index contributed by atoms with van der Waals surface area (Å²) in [5.41, 5.74) is 0. The van der Waals surface area contributed by atoms with E-state index in [1.165, 1.54) is 0 Å². The molecule has 84 valence electrons. The third-order valence-electron chi connectivity index (χ3n) is 0. The SMILES string of the molecule is CC(=O)[O-].CC(=O)[O-].O=C[O-].O=C[O-].[Ca+2].[Ca+2]. The first-order valence-corrected chi connectivity index (χ1v) is 2.76. The zero-order valence-corrected chi connectivity index (χ0v) is 13.3. The van der Waals surface area contributed by atoms with Gasteiger partial charge in [0, 0.05) is 24.9 Å². The molecule has 0 radical (unpaired) electrons. The molecule has 0 rings (SSSR count). The maximum absolute atomic E-state index is 8.89. The predicted octanol–water partition coefficient (Wildman–Crippen LogP) is -6.52. The van der Waals surface area contributed by atoms with Gasteiger partial charge in [-0.3, -0.25) is 0 Å². The predicted molar refractivity (Wildman–Crippen MR) is 45.0 cm³/mol. The minimum absolute atomic E-state index is 0. The molecule has 0 atom stereocenters. The fourth-order valence-corrected chi connectivity index (χ4v) is 0. The number of carboxylic acid groups (broad SMARTS) is 4. The van der Waals surface area contributed by atoms with Crippen LogP contribution in [-0.4, -0.2) is 100 Å². The summed E-state index contributed by atoms with van der Waals surface area (Å²) in [6.07, 6.45) is 0. The topological polar surface area (TPSA) is 161 Å². The van der Waals surface area contributed by atoms with Crippen LogP contribution in [-0.2, 0) is 19.2 Å². The molecule has 0 aliphatic heterocycles. The molecule has 0 aromatic rings. The third kappa shape index (κ3) is 16200. The van der Waals surface area contributed by atoms with Crippen LogP contribution in [0.4, 0.5) is 0 Å². The van der Waals surface area contributed by atoms with Gasteiger partial charge in [-0.05, 0) is 13.8 Å². The van der Waals surface area contributed by atoms with Crippen LogP contribution in [0.2, 0.25) is 0 Å². The maximum atomic E-state index is 8.89. The number of hydrogen-bond acceptors (Lipinski definition) is 8. The summed E-state index contributed by atoms with van der Waals surface area (Å²) in [5, 5.41) is 34.3. The van der Waals surface area contributed by atoms with Gasteiger partial charge in [-0.2, -0.15) is 0 Å². The van der Waals surface area contributed by atoms with E-state index in [4.69, 9.17) is 39.6 Å². The molecule has 0 aliphatic rings. The van der Waals surface area contributed by atoms with E-state index in [9.17, 15) is 0 Å². The summed E-state index contributed by atoms with van der Waals surface area (Å²) in [6, 6.07) is 0. The number of carboxylic acids is 2. The average Bonchev–Trinajstić information content (AvgIpc) is 1.85. The monoisotopic (exact) mass is 288 g/mol. The smallest absolute Gasteiger partial charge is 0.554 e. The zero-order valence-electron chi connectivity index (χ0n) is 8.83. The molecule has 0 aromatic heterocycles. The van der Waals surface area contributed by atoms with Gasteiger partial charge in [0.25, 0.3) is 0 Å². The van der Waals surface area contributed by atoms with E-state index < -0.39 is 24.9 Å². The van der Waals surface area contributed by atoms with Gasteiger partial charge in [-0.1, -0.05) is 0 Å². The second-order valence-corrected chi connectivity index (χ2v) is 1.18. The van der Waals surface area contributed by atoms with Crippen LogP contribution in [0.15, 0.2) is 0 Å². The van der Waals surface area contributed by atoms with Crippen LogP contribution in [0.1, 0.15) is 13.8 Å². The first-order valence-electron chi connectivity index (χ1n) is 2.76. The Balaban J connectivity index is -0.0000000202. The Hall–Kier alpha value is 0.399. The first kappa shape index (κ1) is 36.0. The van der Waals surface area contributed by atoms with Gasteiger partial charge in [-0.25, -0.2) is 0 Å². The molecule has 0 bridgehead atoms. The van der Waals surface area contributed by atoms with E-state index in [0.29, 0.717) is 0 Å². The average molecular weight is 288 g/mol. The first-order chi connectivity index (χ1) is 6.29. The van der Waals surface area contributed by atoms with Gasteiger partial charge in [0.15, 0.2) is 0 Å². The number of aliphatic carboxylic acids is 2. The summed E-state index contributed by atoms with van der Waals surface area (Å²) < 4.78 is 0. The molecule has 0 spiro atoms. The molecule has 0 saturated carbocycles. The van der Waals surface area contributed by atoms with E-state index in [1.54, 1.807) is 0 Å². The van der Waals surface area contributed by atoms with Crippen molar-refractivity contribution in [2.75, 3.05) is 0 Å². The van der Waals surface area contributed by atoms with E-state index in [-0.39, 0.29) is 75.5 Å².